The van der Waals surface area contributed by atoms with Crippen LogP contribution in [0.5, 0.6) is 0 Å². The van der Waals surface area contributed by atoms with Crippen molar-refractivity contribution in [1.29, 1.82) is 0 Å². The van der Waals surface area contributed by atoms with E-state index in [1.807, 2.05) is 0 Å². The standard InChI is InChI=1S/C8H13N3O/c1-12-6-2-3-8-7(4-6)10-5-11(8)9/h5-6H,2-4,9H2,1H3. The summed E-state index contributed by atoms with van der Waals surface area (Å²) in [6.45, 7) is 0. The number of imidazole rings is 1. The predicted molar refractivity (Wildman–Crippen MR) is 45.2 cm³/mol. The molecule has 0 radical (unpaired) electrons. The van der Waals surface area contributed by atoms with E-state index >= 15 is 0 Å². The van der Waals surface area contributed by atoms with Crippen molar-refractivity contribution in [3.63, 3.8) is 0 Å². The largest absolute Gasteiger partial charge is 0.381 e. The molecule has 1 heterocycles. The molecule has 0 bridgehead atoms. The van der Waals surface area contributed by atoms with Gasteiger partial charge >= 0.3 is 0 Å². The molecule has 2 N–H and O–H groups in total. The highest BCUT2D eigenvalue weighted by atomic mass is 16.5. The maximum Gasteiger partial charge on any atom is 0.114 e. The summed E-state index contributed by atoms with van der Waals surface area (Å²) in [5, 5.41) is 0. The van der Waals surface area contributed by atoms with Crippen LogP contribution in [0.25, 0.3) is 0 Å². The number of ether oxygens (including phenoxy) is 1. The molecule has 12 heavy (non-hydrogen) atoms. The Bertz CT molecular complexity index is 282. The summed E-state index contributed by atoms with van der Waals surface area (Å²) in [4.78, 5) is 4.21. The van der Waals surface area contributed by atoms with Crippen molar-refractivity contribution in [2.45, 2.75) is 25.4 Å². The molecule has 1 unspecified atom stereocenters. The number of nitrogens with zero attached hydrogens (tertiary/aromatic N) is 2. The summed E-state index contributed by atoms with van der Waals surface area (Å²) in [5.41, 5.74) is 2.25. The molecule has 66 valence electrons. The van der Waals surface area contributed by atoms with Crippen LogP contribution in [0.15, 0.2) is 6.33 Å². The first kappa shape index (κ1) is 7.61. The van der Waals surface area contributed by atoms with Gasteiger partial charge in [0, 0.05) is 13.5 Å². The van der Waals surface area contributed by atoms with E-state index in [-0.39, 0.29) is 0 Å². The third kappa shape index (κ3) is 1.08. The van der Waals surface area contributed by atoms with Crippen molar-refractivity contribution in [3.8, 4) is 0 Å². The number of methoxy groups -OCH3 is 1. The minimum absolute atomic E-state index is 0.326. The zero-order valence-corrected chi connectivity index (χ0v) is 7.16. The lowest BCUT2D eigenvalue weighted by atomic mass is 9.98. The summed E-state index contributed by atoms with van der Waals surface area (Å²) in [6.07, 6.45) is 4.92. The van der Waals surface area contributed by atoms with Gasteiger partial charge in [-0.2, -0.15) is 0 Å². The van der Waals surface area contributed by atoms with E-state index < -0.39 is 0 Å². The quantitative estimate of drug-likeness (QED) is 0.603. The van der Waals surface area contributed by atoms with Crippen LogP contribution in [0.3, 0.4) is 0 Å². The first-order valence-corrected chi connectivity index (χ1v) is 4.14. The summed E-state index contributed by atoms with van der Waals surface area (Å²) < 4.78 is 6.88. The molecule has 2 rings (SSSR count). The fourth-order valence-corrected chi connectivity index (χ4v) is 1.69. The Morgan fingerprint density at radius 3 is 3.33 bits per heavy atom. The molecule has 0 aliphatic heterocycles. The van der Waals surface area contributed by atoms with Crippen LogP contribution < -0.4 is 5.84 Å². The van der Waals surface area contributed by atoms with E-state index in [2.05, 4.69) is 4.98 Å². The summed E-state index contributed by atoms with van der Waals surface area (Å²) in [5.74, 6) is 5.66. The maximum atomic E-state index is 5.66. The van der Waals surface area contributed by atoms with Crippen molar-refractivity contribution < 1.29 is 4.74 Å². The van der Waals surface area contributed by atoms with E-state index in [1.165, 1.54) is 0 Å². The third-order valence-corrected chi connectivity index (χ3v) is 2.44. The molecule has 0 amide bonds. The monoisotopic (exact) mass is 167 g/mol. The van der Waals surface area contributed by atoms with Crippen LogP contribution in [0.2, 0.25) is 0 Å². The number of hydrogen-bond acceptors (Lipinski definition) is 3. The number of aromatic nitrogens is 2. The Hall–Kier alpha value is -1.03. The van der Waals surface area contributed by atoms with Gasteiger partial charge in [-0.15, -0.1) is 0 Å². The van der Waals surface area contributed by atoms with E-state index in [0.29, 0.717) is 6.10 Å². The first-order valence-electron chi connectivity index (χ1n) is 4.14. The highest BCUT2D eigenvalue weighted by molar-refractivity contribution is 5.17. The summed E-state index contributed by atoms with van der Waals surface area (Å²) >= 11 is 0. The molecular weight excluding hydrogens is 154 g/mol. The minimum atomic E-state index is 0.326. The second kappa shape index (κ2) is 2.79. The Labute approximate surface area is 71.3 Å². The average Bonchev–Trinajstić information content (AvgIpc) is 2.47. The number of rotatable bonds is 1. The second-order valence-electron chi connectivity index (χ2n) is 3.15. The normalized spacial score (nSPS) is 22.2. The van der Waals surface area contributed by atoms with Gasteiger partial charge in [0.1, 0.15) is 6.33 Å². The number of hydrogen-bond donors (Lipinski definition) is 1. The van der Waals surface area contributed by atoms with E-state index in [1.54, 1.807) is 18.1 Å². The number of nitrogens with two attached hydrogens (primary N) is 1. The zero-order valence-electron chi connectivity index (χ0n) is 7.16. The SMILES string of the molecule is COC1CCc2c(ncn2N)C1. The van der Waals surface area contributed by atoms with Crippen LogP contribution in [0.1, 0.15) is 17.8 Å². The molecule has 1 aliphatic rings. The Balaban J connectivity index is 2.24. The Morgan fingerprint density at radius 2 is 2.58 bits per heavy atom. The molecule has 0 spiro atoms. The fourth-order valence-electron chi connectivity index (χ4n) is 1.69. The number of nitrogen functional groups attached to an aromatic ring is 1. The fraction of sp³-hybridized carbons (Fsp3) is 0.625. The lowest BCUT2D eigenvalue weighted by molar-refractivity contribution is 0.0897. The van der Waals surface area contributed by atoms with Crippen molar-refractivity contribution >= 4 is 0 Å². The molecule has 4 nitrogen and oxygen atoms in total. The molecule has 0 saturated heterocycles. The van der Waals surface area contributed by atoms with Gasteiger partial charge in [-0.25, -0.2) is 4.98 Å². The van der Waals surface area contributed by atoms with Gasteiger partial charge in [0.05, 0.1) is 17.5 Å². The maximum absolute atomic E-state index is 5.66. The van der Waals surface area contributed by atoms with Crippen molar-refractivity contribution in [1.82, 2.24) is 9.66 Å². The second-order valence-corrected chi connectivity index (χ2v) is 3.15. The highest BCUT2D eigenvalue weighted by Crippen LogP contribution is 2.20. The highest BCUT2D eigenvalue weighted by Gasteiger charge is 2.21. The van der Waals surface area contributed by atoms with Crippen molar-refractivity contribution in [2.24, 2.45) is 0 Å². The topological polar surface area (TPSA) is 53.1 Å². The third-order valence-electron chi connectivity index (χ3n) is 2.44. The van der Waals surface area contributed by atoms with E-state index in [4.69, 9.17) is 10.6 Å². The van der Waals surface area contributed by atoms with Crippen molar-refractivity contribution in [2.75, 3.05) is 13.0 Å². The van der Waals surface area contributed by atoms with Gasteiger partial charge in [-0.3, -0.25) is 4.68 Å². The Morgan fingerprint density at radius 1 is 1.75 bits per heavy atom. The first-order chi connectivity index (χ1) is 5.81. The van der Waals surface area contributed by atoms with Gasteiger partial charge in [0.15, 0.2) is 0 Å². The Kier molecular flexibility index (Phi) is 1.77. The minimum Gasteiger partial charge on any atom is -0.381 e. The van der Waals surface area contributed by atoms with Crippen LogP contribution in [-0.2, 0) is 17.6 Å². The molecule has 1 aromatic heterocycles. The van der Waals surface area contributed by atoms with Gasteiger partial charge in [-0.1, -0.05) is 0 Å². The molecule has 1 atom stereocenters. The van der Waals surface area contributed by atoms with E-state index in [9.17, 15) is 0 Å². The van der Waals surface area contributed by atoms with Gasteiger partial charge in [-0.05, 0) is 12.8 Å². The molecular formula is C8H13N3O. The molecule has 1 aliphatic carbocycles. The van der Waals surface area contributed by atoms with Crippen molar-refractivity contribution in [3.05, 3.63) is 17.7 Å². The van der Waals surface area contributed by atoms with Crippen LogP contribution >= 0.6 is 0 Å². The molecule has 0 aromatic carbocycles. The molecule has 1 aromatic rings. The van der Waals surface area contributed by atoms with Gasteiger partial charge in [0.2, 0.25) is 0 Å². The summed E-state index contributed by atoms with van der Waals surface area (Å²) in [6, 6.07) is 0. The summed E-state index contributed by atoms with van der Waals surface area (Å²) in [7, 11) is 1.75. The molecule has 0 saturated carbocycles. The van der Waals surface area contributed by atoms with E-state index in [0.717, 1.165) is 30.7 Å². The molecule has 4 heteroatoms. The smallest absolute Gasteiger partial charge is 0.114 e. The zero-order chi connectivity index (χ0) is 8.55. The predicted octanol–water partition coefficient (Wildman–Crippen LogP) is 0.101. The molecule has 0 fully saturated rings. The van der Waals surface area contributed by atoms with Crippen LogP contribution in [-0.4, -0.2) is 22.9 Å². The van der Waals surface area contributed by atoms with Gasteiger partial charge < -0.3 is 10.6 Å². The lowest BCUT2D eigenvalue weighted by Crippen LogP contribution is -2.23. The van der Waals surface area contributed by atoms with Crippen LogP contribution in [0.4, 0.5) is 0 Å². The number of fused-ring (bicyclic) bond motifs is 1. The average molecular weight is 167 g/mol. The van der Waals surface area contributed by atoms with Gasteiger partial charge in [0.25, 0.3) is 0 Å². The lowest BCUT2D eigenvalue weighted by Gasteiger charge is -2.20. The van der Waals surface area contributed by atoms with Crippen LogP contribution in [0, 0.1) is 0 Å².